The first kappa shape index (κ1) is 61.5. The van der Waals surface area contributed by atoms with Crippen LogP contribution in [0.2, 0.25) is 0 Å². The average Bonchev–Trinajstić information content (AvgIpc) is 3.27. The Kier molecular flexibility index (Phi) is 48.8. The number of rotatable bonds is 52. The predicted molar refractivity (Wildman–Crippen MR) is 269 cm³/mol. The van der Waals surface area contributed by atoms with Crippen LogP contribution in [0, 0.1) is 0 Å². The van der Waals surface area contributed by atoms with E-state index in [1.165, 1.54) is 212 Å². The number of esters is 3. The first-order chi connectivity index (χ1) is 30.9. The Morgan fingerprint density at radius 3 is 0.556 bits per heavy atom. The molecule has 372 valence electrons. The minimum absolute atomic E-state index is 0.0949. The summed E-state index contributed by atoms with van der Waals surface area (Å²) in [6, 6.07) is 0. The highest BCUT2D eigenvalue weighted by Crippen LogP contribution is 2.31. The number of hydrogen-bond acceptors (Lipinski definition) is 7. The van der Waals surface area contributed by atoms with Crippen LogP contribution in [0.5, 0.6) is 0 Å². The third-order valence-corrected chi connectivity index (χ3v) is 13.4. The summed E-state index contributed by atoms with van der Waals surface area (Å²) in [4.78, 5) is 39.0. The molecule has 0 amide bonds. The number of ether oxygens (including phenoxy) is 3. The first-order valence-electron chi connectivity index (χ1n) is 28.0. The van der Waals surface area contributed by atoms with Gasteiger partial charge < -0.3 is 14.2 Å². The molecule has 0 spiro atoms. The second kappa shape index (κ2) is 49.9. The van der Waals surface area contributed by atoms with E-state index in [9.17, 15) is 18.9 Å². The van der Waals surface area contributed by atoms with Gasteiger partial charge in [-0.15, -0.1) is 0 Å². The first-order valence-corrected chi connectivity index (χ1v) is 28.9. The number of carbonyl (C=O) groups excluding carboxylic acids is 3. The fourth-order valence-corrected chi connectivity index (χ4v) is 9.12. The number of carbonyl (C=O) groups is 3. The van der Waals surface area contributed by atoms with Gasteiger partial charge in [-0.2, -0.15) is 0 Å². The van der Waals surface area contributed by atoms with Crippen LogP contribution in [0.1, 0.15) is 329 Å². The Balaban J connectivity index is 4.57. The van der Waals surface area contributed by atoms with Crippen molar-refractivity contribution in [3.05, 3.63) is 0 Å². The molecule has 0 aromatic heterocycles. The van der Waals surface area contributed by atoms with Crippen molar-refractivity contribution in [1.29, 1.82) is 0 Å². The van der Waals surface area contributed by atoms with Crippen LogP contribution in [-0.2, 0) is 33.2 Å². The highest BCUT2D eigenvalue weighted by Gasteiger charge is 2.53. The molecule has 0 aromatic rings. The van der Waals surface area contributed by atoms with Crippen molar-refractivity contribution in [2.24, 2.45) is 0 Å². The lowest BCUT2D eigenvalue weighted by atomic mass is 10.0. The Morgan fingerprint density at radius 1 is 0.270 bits per heavy atom. The lowest BCUT2D eigenvalue weighted by Gasteiger charge is -2.20. The molecule has 1 unspecified atom stereocenters. The summed E-state index contributed by atoms with van der Waals surface area (Å²) in [5, 5.41) is 0. The molecule has 0 saturated heterocycles. The standard InChI is InChI=1S/C55H105O7P/c1-4-7-10-13-16-19-22-25-28-31-34-37-40-43-46-49-52(56)60-55(63-59,61-53(57)50-47-44-41-38-35-32-29-26-23-20-17-14-11-8-5-2)62-54(58)51-48-45-42-39-36-33-30-27-24-21-18-15-12-9-6-3/h4-51H2,1-3H3/p+1. The SMILES string of the molecule is CCCCCCCCCCCCCCCCCC(=O)OC(OC(=O)CCCCCCCCCCCCCCCCC)(OC(=O)CCCCCCCCCCCCCCCCC)[PH+]=O. The fraction of sp³-hybridized carbons (Fsp3) is 0.945. The summed E-state index contributed by atoms with van der Waals surface area (Å²) in [6.07, 6.45) is 55.3. The average molecular weight is 910 g/mol. The quantitative estimate of drug-likeness (QED) is 0.0260. The van der Waals surface area contributed by atoms with E-state index in [2.05, 4.69) is 20.8 Å². The van der Waals surface area contributed by atoms with E-state index in [0.29, 0.717) is 19.3 Å². The van der Waals surface area contributed by atoms with Crippen LogP contribution >= 0.6 is 8.46 Å². The van der Waals surface area contributed by atoms with Crippen molar-refractivity contribution in [2.75, 3.05) is 0 Å². The van der Waals surface area contributed by atoms with Gasteiger partial charge in [0.25, 0.3) is 0 Å². The zero-order chi connectivity index (χ0) is 46.0. The van der Waals surface area contributed by atoms with E-state index in [-0.39, 0.29) is 19.3 Å². The Bertz CT molecular complexity index is 887. The van der Waals surface area contributed by atoms with E-state index in [1.54, 1.807) is 0 Å². The maximum Gasteiger partial charge on any atom is 0.637 e. The molecule has 0 rings (SSSR count). The Labute approximate surface area is 392 Å². The summed E-state index contributed by atoms with van der Waals surface area (Å²) < 4.78 is 29.0. The van der Waals surface area contributed by atoms with Gasteiger partial charge in [-0.3, -0.25) is 14.4 Å². The minimum Gasteiger partial charge on any atom is -0.347 e. The van der Waals surface area contributed by atoms with Crippen LogP contribution in [0.3, 0.4) is 0 Å². The van der Waals surface area contributed by atoms with E-state index in [0.717, 1.165) is 57.8 Å². The molecule has 0 radical (unpaired) electrons. The van der Waals surface area contributed by atoms with Crippen molar-refractivity contribution < 1.29 is 33.2 Å². The zero-order valence-corrected chi connectivity index (χ0v) is 43.3. The zero-order valence-electron chi connectivity index (χ0n) is 42.3. The largest absolute Gasteiger partial charge is 0.637 e. The summed E-state index contributed by atoms with van der Waals surface area (Å²) in [7, 11) is -1.47. The van der Waals surface area contributed by atoms with Gasteiger partial charge in [0.2, 0.25) is 0 Å². The molecular formula is C55H106O7P+. The molecule has 63 heavy (non-hydrogen) atoms. The Hall–Kier alpha value is -1.49. The summed E-state index contributed by atoms with van der Waals surface area (Å²) in [5.41, 5.74) is -2.51. The molecule has 0 aliphatic heterocycles. The number of hydrogen-bond donors (Lipinski definition) is 0. The van der Waals surface area contributed by atoms with Crippen LogP contribution in [0.25, 0.3) is 0 Å². The fourth-order valence-electron chi connectivity index (χ4n) is 8.65. The third-order valence-electron chi connectivity index (χ3n) is 12.8. The van der Waals surface area contributed by atoms with E-state index >= 15 is 0 Å². The van der Waals surface area contributed by atoms with Gasteiger partial charge in [0.05, 0.1) is 0 Å². The molecule has 0 bridgehead atoms. The van der Waals surface area contributed by atoms with E-state index in [1.807, 2.05) is 0 Å². The molecule has 0 fully saturated rings. The van der Waals surface area contributed by atoms with Gasteiger partial charge in [0.1, 0.15) is 0 Å². The molecule has 7 nitrogen and oxygen atoms in total. The molecule has 8 heteroatoms. The van der Waals surface area contributed by atoms with Crippen molar-refractivity contribution in [2.45, 2.75) is 335 Å². The van der Waals surface area contributed by atoms with Crippen molar-refractivity contribution >= 4 is 26.4 Å². The van der Waals surface area contributed by atoms with Crippen LogP contribution < -0.4 is 0 Å². The lowest BCUT2D eigenvalue weighted by Crippen LogP contribution is -2.39. The summed E-state index contributed by atoms with van der Waals surface area (Å²) in [6.45, 7) is 6.79. The molecule has 1 atom stereocenters. The normalized spacial score (nSPS) is 11.7. The van der Waals surface area contributed by atoms with Gasteiger partial charge >= 0.3 is 32.1 Å². The van der Waals surface area contributed by atoms with E-state index in [4.69, 9.17) is 14.2 Å². The minimum atomic E-state index is -2.51. The molecule has 0 heterocycles. The molecule has 0 aliphatic rings. The highest BCUT2D eigenvalue weighted by atomic mass is 31.1. The van der Waals surface area contributed by atoms with Gasteiger partial charge in [0, 0.05) is 19.3 Å². The third kappa shape index (κ3) is 45.5. The predicted octanol–water partition coefficient (Wildman–Crippen LogP) is 19.0. The number of unbranched alkanes of at least 4 members (excludes halogenated alkanes) is 42. The van der Waals surface area contributed by atoms with Crippen molar-refractivity contribution in [3.8, 4) is 0 Å². The van der Waals surface area contributed by atoms with Gasteiger partial charge in [-0.1, -0.05) is 295 Å². The second-order valence-corrected chi connectivity index (χ2v) is 20.0. The molecule has 0 N–H and O–H groups in total. The van der Waals surface area contributed by atoms with Gasteiger partial charge in [-0.25, -0.2) is 0 Å². The summed E-state index contributed by atoms with van der Waals surface area (Å²) >= 11 is 0. The van der Waals surface area contributed by atoms with Crippen molar-refractivity contribution in [1.82, 2.24) is 0 Å². The molecule has 0 saturated carbocycles. The van der Waals surface area contributed by atoms with Crippen LogP contribution in [-0.4, -0.2) is 23.6 Å². The topological polar surface area (TPSA) is 96.0 Å². The summed E-state index contributed by atoms with van der Waals surface area (Å²) in [5.74, 6) is -1.98. The van der Waals surface area contributed by atoms with Gasteiger partial charge in [0.15, 0.2) is 0 Å². The Morgan fingerprint density at radius 2 is 0.413 bits per heavy atom. The molecular weight excluding hydrogens is 804 g/mol. The van der Waals surface area contributed by atoms with E-state index < -0.39 is 32.1 Å². The van der Waals surface area contributed by atoms with Gasteiger partial charge in [-0.05, 0) is 19.3 Å². The van der Waals surface area contributed by atoms with Crippen molar-refractivity contribution in [3.63, 3.8) is 0 Å². The lowest BCUT2D eigenvalue weighted by molar-refractivity contribution is -0.281. The maximum absolute atomic E-state index is 13.0. The molecule has 0 aromatic carbocycles. The van der Waals surface area contributed by atoms with Crippen LogP contribution in [0.15, 0.2) is 0 Å². The maximum atomic E-state index is 13.0. The highest BCUT2D eigenvalue weighted by molar-refractivity contribution is 7.25. The monoisotopic (exact) mass is 910 g/mol. The molecule has 0 aliphatic carbocycles. The smallest absolute Gasteiger partial charge is 0.347 e. The second-order valence-electron chi connectivity index (χ2n) is 19.2. The van der Waals surface area contributed by atoms with Crippen LogP contribution in [0.4, 0.5) is 0 Å².